The Morgan fingerprint density at radius 2 is 1.72 bits per heavy atom. The molecule has 7 heteroatoms. The third-order valence-corrected chi connectivity index (χ3v) is 5.22. The molecule has 0 N–H and O–H groups in total. The van der Waals surface area contributed by atoms with Crippen LogP contribution in [0.15, 0.2) is 18.2 Å². The van der Waals surface area contributed by atoms with Gasteiger partial charge in [-0.2, -0.15) is 0 Å². The summed E-state index contributed by atoms with van der Waals surface area (Å²) in [7, 11) is 1.49. The maximum Gasteiger partial charge on any atom is 0.252 e. The van der Waals surface area contributed by atoms with E-state index in [9.17, 15) is 9.59 Å². The fourth-order valence-electron chi connectivity index (χ4n) is 3.14. The van der Waals surface area contributed by atoms with Crippen molar-refractivity contribution in [3.63, 3.8) is 0 Å². The smallest absolute Gasteiger partial charge is 0.252 e. The molecule has 1 unspecified atom stereocenters. The van der Waals surface area contributed by atoms with Crippen LogP contribution in [0.25, 0.3) is 0 Å². The lowest BCUT2D eigenvalue weighted by atomic mass is 10.1. The summed E-state index contributed by atoms with van der Waals surface area (Å²) in [6.45, 7) is 2.55. The second-order valence-electron chi connectivity index (χ2n) is 6.61. The molecule has 3 rings (SSSR count). The number of rotatable bonds is 6. The van der Waals surface area contributed by atoms with E-state index in [4.69, 9.17) is 27.9 Å². The van der Waals surface area contributed by atoms with Gasteiger partial charge in [-0.15, -0.1) is 0 Å². The lowest BCUT2D eigenvalue weighted by Gasteiger charge is -2.37. The molecule has 5 nitrogen and oxygen atoms in total. The Morgan fingerprint density at radius 3 is 2.24 bits per heavy atom. The minimum Gasteiger partial charge on any atom is -0.371 e. The number of ether oxygens (including phenoxy) is 1. The summed E-state index contributed by atoms with van der Waals surface area (Å²) in [4.78, 5) is 28.6. The number of carbonyl (C=O) groups excluding carboxylic acids is 2. The molecule has 2 fully saturated rings. The first kappa shape index (κ1) is 18.5. The van der Waals surface area contributed by atoms with Crippen molar-refractivity contribution >= 4 is 40.6 Å². The zero-order chi connectivity index (χ0) is 18.0. The molecule has 1 saturated heterocycles. The largest absolute Gasteiger partial charge is 0.371 e. The molecule has 1 saturated carbocycles. The van der Waals surface area contributed by atoms with Gasteiger partial charge in [0.15, 0.2) is 0 Å². The van der Waals surface area contributed by atoms with Crippen LogP contribution in [0.4, 0.5) is 5.69 Å². The molecule has 1 heterocycles. The molecule has 0 aromatic heterocycles. The van der Waals surface area contributed by atoms with Crippen molar-refractivity contribution in [1.82, 2.24) is 4.90 Å². The number of benzene rings is 1. The van der Waals surface area contributed by atoms with Crippen molar-refractivity contribution in [3.05, 3.63) is 28.2 Å². The number of halogens is 2. The average molecular weight is 385 g/mol. The van der Waals surface area contributed by atoms with E-state index >= 15 is 0 Å². The summed E-state index contributed by atoms with van der Waals surface area (Å²) in [6.07, 6.45) is 1.42. The Bertz CT molecular complexity index is 635. The maximum absolute atomic E-state index is 12.6. The SMILES string of the molecule is COC(CC(=O)C1CC1)C(=O)N1CCN(c2cc(Cl)cc(Cl)c2)CC1. The molecule has 1 aromatic carbocycles. The van der Waals surface area contributed by atoms with E-state index in [1.54, 1.807) is 11.0 Å². The van der Waals surface area contributed by atoms with Crippen LogP contribution in [-0.2, 0) is 14.3 Å². The Morgan fingerprint density at radius 1 is 1.12 bits per heavy atom. The fraction of sp³-hybridized carbons (Fsp3) is 0.556. The predicted octanol–water partition coefficient (Wildman–Crippen LogP) is 3.03. The van der Waals surface area contributed by atoms with E-state index in [2.05, 4.69) is 4.90 Å². The molecule has 1 aliphatic carbocycles. The van der Waals surface area contributed by atoms with Crippen LogP contribution in [-0.4, -0.2) is 56.0 Å². The molecule has 136 valence electrons. The van der Waals surface area contributed by atoms with E-state index in [1.807, 2.05) is 12.1 Å². The van der Waals surface area contributed by atoms with E-state index in [-0.39, 0.29) is 24.0 Å². The monoisotopic (exact) mass is 384 g/mol. The zero-order valence-electron chi connectivity index (χ0n) is 14.2. The number of methoxy groups -OCH3 is 1. The van der Waals surface area contributed by atoms with Gasteiger partial charge >= 0.3 is 0 Å². The van der Waals surface area contributed by atoms with Crippen LogP contribution < -0.4 is 4.90 Å². The maximum atomic E-state index is 12.6. The third-order valence-electron chi connectivity index (χ3n) is 4.78. The number of ketones is 1. The van der Waals surface area contributed by atoms with Crippen molar-refractivity contribution in [2.45, 2.75) is 25.4 Å². The highest BCUT2D eigenvalue weighted by molar-refractivity contribution is 6.35. The van der Waals surface area contributed by atoms with Crippen molar-refractivity contribution in [2.75, 3.05) is 38.2 Å². The number of anilines is 1. The Kier molecular flexibility index (Phi) is 5.87. The number of carbonyl (C=O) groups is 2. The van der Waals surface area contributed by atoms with Crippen LogP contribution >= 0.6 is 23.2 Å². The van der Waals surface area contributed by atoms with Crippen molar-refractivity contribution in [3.8, 4) is 0 Å². The zero-order valence-corrected chi connectivity index (χ0v) is 15.7. The van der Waals surface area contributed by atoms with E-state index in [1.165, 1.54) is 7.11 Å². The Labute approximate surface area is 157 Å². The summed E-state index contributed by atoms with van der Waals surface area (Å²) >= 11 is 12.1. The van der Waals surface area contributed by atoms with Gasteiger partial charge in [0, 0.05) is 61.4 Å². The third kappa shape index (κ3) is 4.66. The molecule has 0 spiro atoms. The number of hydrogen-bond donors (Lipinski definition) is 0. The first-order valence-corrected chi connectivity index (χ1v) is 9.29. The van der Waals surface area contributed by atoms with Crippen LogP contribution in [0.2, 0.25) is 10.0 Å². The van der Waals surface area contributed by atoms with Crippen LogP contribution in [0.1, 0.15) is 19.3 Å². The molecule has 1 aliphatic heterocycles. The summed E-state index contributed by atoms with van der Waals surface area (Å²) in [5, 5.41) is 1.19. The number of Topliss-reactive ketones (excluding diaryl/α,β-unsaturated/α-hetero) is 1. The summed E-state index contributed by atoms with van der Waals surface area (Å²) in [5.41, 5.74) is 0.955. The lowest BCUT2D eigenvalue weighted by Crippen LogP contribution is -2.52. The molecule has 1 aromatic rings. The number of piperazine rings is 1. The van der Waals surface area contributed by atoms with Gasteiger partial charge in [-0.3, -0.25) is 9.59 Å². The lowest BCUT2D eigenvalue weighted by molar-refractivity contribution is -0.145. The quantitative estimate of drug-likeness (QED) is 0.756. The highest BCUT2D eigenvalue weighted by Gasteiger charge is 2.35. The highest BCUT2D eigenvalue weighted by atomic mass is 35.5. The second kappa shape index (κ2) is 7.94. The standard InChI is InChI=1S/C18H22Cl2N2O3/c1-25-17(11-16(23)12-2-3-12)18(24)22-6-4-21(5-7-22)15-9-13(19)8-14(20)10-15/h8-10,12,17H,2-7,11H2,1H3. The average Bonchev–Trinajstić information content (AvgIpc) is 3.43. The number of amides is 1. The molecule has 25 heavy (non-hydrogen) atoms. The first-order valence-electron chi connectivity index (χ1n) is 8.53. The van der Waals surface area contributed by atoms with Gasteiger partial charge in [-0.25, -0.2) is 0 Å². The van der Waals surface area contributed by atoms with Crippen LogP contribution in [0.3, 0.4) is 0 Å². The van der Waals surface area contributed by atoms with Crippen molar-refractivity contribution < 1.29 is 14.3 Å². The van der Waals surface area contributed by atoms with Crippen molar-refractivity contribution in [1.29, 1.82) is 0 Å². The minimum atomic E-state index is -0.666. The minimum absolute atomic E-state index is 0.0970. The van der Waals surface area contributed by atoms with Crippen LogP contribution in [0.5, 0.6) is 0 Å². The molecule has 1 amide bonds. The Hall–Kier alpha value is -1.30. The molecule has 1 atom stereocenters. The summed E-state index contributed by atoms with van der Waals surface area (Å²) in [6, 6.07) is 5.45. The first-order chi connectivity index (χ1) is 12.0. The Balaban J connectivity index is 1.56. The topological polar surface area (TPSA) is 49.9 Å². The van der Waals surface area contributed by atoms with Crippen molar-refractivity contribution in [2.24, 2.45) is 5.92 Å². The molecule has 0 bridgehead atoms. The predicted molar refractivity (Wildman–Crippen MR) is 98.4 cm³/mol. The van der Waals surface area contributed by atoms with Gasteiger partial charge in [-0.1, -0.05) is 23.2 Å². The number of nitrogens with zero attached hydrogens (tertiary/aromatic N) is 2. The van der Waals surface area contributed by atoms with E-state index in [0.717, 1.165) is 18.5 Å². The van der Waals surface area contributed by atoms with E-state index in [0.29, 0.717) is 36.2 Å². The van der Waals surface area contributed by atoms with Gasteiger partial charge in [-0.05, 0) is 31.0 Å². The molecular formula is C18H22Cl2N2O3. The normalized spacial score (nSPS) is 19.0. The van der Waals surface area contributed by atoms with Gasteiger partial charge in [0.2, 0.25) is 0 Å². The number of hydrogen-bond acceptors (Lipinski definition) is 4. The summed E-state index contributed by atoms with van der Waals surface area (Å²) < 4.78 is 5.30. The molecule has 0 radical (unpaired) electrons. The van der Waals surface area contributed by atoms with Crippen LogP contribution in [0, 0.1) is 5.92 Å². The van der Waals surface area contributed by atoms with Gasteiger partial charge in [0.25, 0.3) is 5.91 Å². The van der Waals surface area contributed by atoms with E-state index < -0.39 is 6.10 Å². The summed E-state index contributed by atoms with van der Waals surface area (Å²) in [5.74, 6) is 0.197. The van der Waals surface area contributed by atoms with Gasteiger partial charge < -0.3 is 14.5 Å². The molecular weight excluding hydrogens is 363 g/mol. The fourth-order valence-corrected chi connectivity index (χ4v) is 3.65. The highest BCUT2D eigenvalue weighted by Crippen LogP contribution is 2.32. The van der Waals surface area contributed by atoms with Gasteiger partial charge in [0.1, 0.15) is 11.9 Å². The van der Waals surface area contributed by atoms with Gasteiger partial charge in [0.05, 0.1) is 0 Å². The molecule has 2 aliphatic rings. The second-order valence-corrected chi connectivity index (χ2v) is 7.48.